The Kier molecular flexibility index (Phi) is 5.76. The lowest BCUT2D eigenvalue weighted by Gasteiger charge is -2.22. The Balaban J connectivity index is 2.71. The van der Waals surface area contributed by atoms with Crippen molar-refractivity contribution in [2.45, 2.75) is 45.7 Å². The molecule has 0 spiro atoms. The zero-order valence-electron chi connectivity index (χ0n) is 11.7. The molecule has 0 aliphatic heterocycles. The summed E-state index contributed by atoms with van der Waals surface area (Å²) in [5, 5.41) is 14.9. The van der Waals surface area contributed by atoms with Crippen molar-refractivity contribution < 1.29 is 9.60 Å². The maximum atomic E-state index is 13.5. The second-order valence-electron chi connectivity index (χ2n) is 4.80. The molecule has 0 bridgehead atoms. The predicted octanol–water partition coefficient (Wildman–Crippen LogP) is 2.70. The zero-order chi connectivity index (χ0) is 14.4. The van der Waals surface area contributed by atoms with Gasteiger partial charge in [0.15, 0.2) is 0 Å². The van der Waals surface area contributed by atoms with Gasteiger partial charge in [0.2, 0.25) is 0 Å². The summed E-state index contributed by atoms with van der Waals surface area (Å²) < 4.78 is 13.5. The molecule has 0 saturated heterocycles. The molecule has 1 aromatic rings. The van der Waals surface area contributed by atoms with Crippen LogP contribution in [0, 0.1) is 12.7 Å². The first kappa shape index (κ1) is 15.4. The van der Waals surface area contributed by atoms with Crippen molar-refractivity contribution in [2.75, 3.05) is 0 Å². The molecular formula is C14H22FN3O. The van der Waals surface area contributed by atoms with Crippen LogP contribution in [0.5, 0.6) is 0 Å². The smallest absolute Gasteiger partial charge is 0.140 e. The Labute approximate surface area is 113 Å². The molecule has 2 unspecified atom stereocenters. The Morgan fingerprint density at radius 3 is 2.74 bits per heavy atom. The number of halogens is 1. The largest absolute Gasteiger partial charge is 0.409 e. The lowest BCUT2D eigenvalue weighted by Crippen LogP contribution is -2.35. The van der Waals surface area contributed by atoms with E-state index in [-0.39, 0.29) is 23.7 Å². The van der Waals surface area contributed by atoms with Crippen LogP contribution in [-0.4, -0.2) is 17.1 Å². The first-order valence-corrected chi connectivity index (χ1v) is 6.46. The highest BCUT2D eigenvalue weighted by molar-refractivity contribution is 5.80. The average molecular weight is 267 g/mol. The van der Waals surface area contributed by atoms with Crippen LogP contribution < -0.4 is 11.1 Å². The van der Waals surface area contributed by atoms with Crippen LogP contribution in [0.4, 0.5) is 4.39 Å². The lowest BCUT2D eigenvalue weighted by molar-refractivity contribution is 0.315. The fourth-order valence-electron chi connectivity index (χ4n) is 1.94. The summed E-state index contributed by atoms with van der Waals surface area (Å²) in [6, 6.07) is 5.32. The van der Waals surface area contributed by atoms with Gasteiger partial charge >= 0.3 is 0 Å². The van der Waals surface area contributed by atoms with Crippen molar-refractivity contribution in [2.24, 2.45) is 10.9 Å². The van der Waals surface area contributed by atoms with Gasteiger partial charge in [-0.15, -0.1) is 0 Å². The molecule has 2 atom stereocenters. The third-order valence-electron chi connectivity index (χ3n) is 3.26. The zero-order valence-corrected chi connectivity index (χ0v) is 11.7. The van der Waals surface area contributed by atoms with E-state index in [0.717, 1.165) is 12.0 Å². The molecule has 0 heterocycles. The molecule has 1 aromatic carbocycles. The minimum Gasteiger partial charge on any atom is -0.409 e. The van der Waals surface area contributed by atoms with E-state index in [1.807, 2.05) is 19.9 Å². The second kappa shape index (κ2) is 7.09. The minimum atomic E-state index is -0.198. The normalized spacial score (nSPS) is 15.3. The molecule has 0 amide bonds. The number of hydrogen-bond acceptors (Lipinski definition) is 3. The van der Waals surface area contributed by atoms with Gasteiger partial charge < -0.3 is 16.3 Å². The van der Waals surface area contributed by atoms with E-state index in [9.17, 15) is 4.39 Å². The maximum Gasteiger partial charge on any atom is 0.140 e. The van der Waals surface area contributed by atoms with Gasteiger partial charge in [-0.1, -0.05) is 24.2 Å². The summed E-state index contributed by atoms with van der Waals surface area (Å²) in [4.78, 5) is 0. The summed E-state index contributed by atoms with van der Waals surface area (Å²) in [7, 11) is 0. The van der Waals surface area contributed by atoms with Crippen molar-refractivity contribution in [3.8, 4) is 0 Å². The van der Waals surface area contributed by atoms with E-state index < -0.39 is 0 Å². The van der Waals surface area contributed by atoms with Gasteiger partial charge in [-0.25, -0.2) is 4.39 Å². The number of benzene rings is 1. The van der Waals surface area contributed by atoms with E-state index >= 15 is 0 Å². The molecule has 4 nitrogen and oxygen atoms in total. The molecule has 0 aromatic heterocycles. The first-order valence-electron chi connectivity index (χ1n) is 6.46. The summed E-state index contributed by atoms with van der Waals surface area (Å²) in [5.74, 6) is -0.00253. The van der Waals surface area contributed by atoms with Crippen LogP contribution >= 0.6 is 0 Å². The van der Waals surface area contributed by atoms with Crippen LogP contribution in [0.1, 0.15) is 43.9 Å². The van der Waals surface area contributed by atoms with Gasteiger partial charge in [-0.05, 0) is 37.5 Å². The number of oxime groups is 1. The second-order valence-corrected chi connectivity index (χ2v) is 4.80. The van der Waals surface area contributed by atoms with E-state index in [0.29, 0.717) is 12.0 Å². The Morgan fingerprint density at radius 2 is 2.21 bits per heavy atom. The number of nitrogens with zero attached hydrogens (tertiary/aromatic N) is 1. The van der Waals surface area contributed by atoms with Crippen LogP contribution in [0.25, 0.3) is 0 Å². The first-order chi connectivity index (χ1) is 8.97. The summed E-state index contributed by atoms with van der Waals surface area (Å²) >= 11 is 0. The van der Waals surface area contributed by atoms with Crippen molar-refractivity contribution in [1.29, 1.82) is 0 Å². The van der Waals surface area contributed by atoms with Crippen molar-refractivity contribution >= 4 is 5.84 Å². The lowest BCUT2D eigenvalue weighted by atomic mass is 10.0. The van der Waals surface area contributed by atoms with E-state index in [1.54, 1.807) is 19.1 Å². The molecule has 4 N–H and O–H groups in total. The number of rotatable bonds is 6. The molecule has 5 heteroatoms. The van der Waals surface area contributed by atoms with E-state index in [4.69, 9.17) is 10.9 Å². The molecule has 0 aliphatic carbocycles. The van der Waals surface area contributed by atoms with Gasteiger partial charge in [-0.3, -0.25) is 0 Å². The number of nitrogens with one attached hydrogen (secondary N) is 1. The number of hydrogen-bond donors (Lipinski definition) is 3. The molecule has 0 aliphatic rings. The summed E-state index contributed by atoms with van der Waals surface area (Å²) in [5.41, 5.74) is 7.04. The van der Waals surface area contributed by atoms with Crippen molar-refractivity contribution in [3.63, 3.8) is 0 Å². The standard InChI is InChI=1S/C14H22FN3O/c1-4-12(8-14(16)18-19)17-10(3)11-6-5-9(2)13(15)7-11/h5-7,10,12,17,19H,4,8H2,1-3H3,(H2,16,18). The third-order valence-corrected chi connectivity index (χ3v) is 3.26. The fourth-order valence-corrected chi connectivity index (χ4v) is 1.94. The van der Waals surface area contributed by atoms with Crippen LogP contribution in [0.15, 0.2) is 23.4 Å². The van der Waals surface area contributed by atoms with Gasteiger partial charge in [0.25, 0.3) is 0 Å². The topological polar surface area (TPSA) is 70.6 Å². The molecule has 1 rings (SSSR count). The molecule has 106 valence electrons. The summed E-state index contributed by atoms with van der Waals surface area (Å²) in [6.45, 7) is 5.73. The van der Waals surface area contributed by atoms with Crippen LogP contribution in [0.3, 0.4) is 0 Å². The van der Waals surface area contributed by atoms with E-state index in [2.05, 4.69) is 10.5 Å². The van der Waals surface area contributed by atoms with Gasteiger partial charge in [0.1, 0.15) is 11.7 Å². The predicted molar refractivity (Wildman–Crippen MR) is 74.8 cm³/mol. The highest BCUT2D eigenvalue weighted by Crippen LogP contribution is 2.17. The Bertz CT molecular complexity index is 448. The molecule has 0 radical (unpaired) electrons. The Hall–Kier alpha value is -1.62. The monoisotopic (exact) mass is 267 g/mol. The van der Waals surface area contributed by atoms with Gasteiger partial charge in [0.05, 0.1) is 0 Å². The molecule has 19 heavy (non-hydrogen) atoms. The van der Waals surface area contributed by atoms with Crippen molar-refractivity contribution in [3.05, 3.63) is 35.1 Å². The number of amidine groups is 1. The fraction of sp³-hybridized carbons (Fsp3) is 0.500. The SMILES string of the molecule is CCC(CC(N)=NO)NC(C)c1ccc(C)c(F)c1. The van der Waals surface area contributed by atoms with Crippen LogP contribution in [-0.2, 0) is 0 Å². The minimum absolute atomic E-state index is 0.00606. The Morgan fingerprint density at radius 1 is 1.53 bits per heavy atom. The quantitative estimate of drug-likeness (QED) is 0.321. The molecular weight excluding hydrogens is 245 g/mol. The van der Waals surface area contributed by atoms with Gasteiger partial charge in [0, 0.05) is 18.5 Å². The maximum absolute atomic E-state index is 13.5. The highest BCUT2D eigenvalue weighted by atomic mass is 19.1. The van der Waals surface area contributed by atoms with Crippen LogP contribution in [0.2, 0.25) is 0 Å². The highest BCUT2D eigenvalue weighted by Gasteiger charge is 2.14. The third kappa shape index (κ3) is 4.52. The number of nitrogens with two attached hydrogens (primary N) is 1. The molecule has 0 fully saturated rings. The van der Waals surface area contributed by atoms with E-state index in [1.165, 1.54) is 0 Å². The average Bonchev–Trinajstić information content (AvgIpc) is 2.40. The number of aryl methyl sites for hydroxylation is 1. The van der Waals surface area contributed by atoms with Gasteiger partial charge in [-0.2, -0.15) is 0 Å². The molecule has 0 saturated carbocycles. The van der Waals surface area contributed by atoms with Crippen molar-refractivity contribution in [1.82, 2.24) is 5.32 Å². The summed E-state index contributed by atoms with van der Waals surface area (Å²) in [6.07, 6.45) is 1.31.